The van der Waals surface area contributed by atoms with Gasteiger partial charge in [0.2, 0.25) is 0 Å². The van der Waals surface area contributed by atoms with Crippen molar-refractivity contribution in [2.45, 2.75) is 16.7 Å². The van der Waals surface area contributed by atoms with Crippen molar-refractivity contribution < 1.29 is 8.42 Å². The summed E-state index contributed by atoms with van der Waals surface area (Å²) in [6, 6.07) is 20.3. The van der Waals surface area contributed by atoms with E-state index in [1.165, 1.54) is 0 Å². The summed E-state index contributed by atoms with van der Waals surface area (Å²) in [5, 5.41) is 1.93. The molecule has 0 aromatic heterocycles. The normalized spacial score (nSPS) is 11.5. The number of hydrogen-bond acceptors (Lipinski definition) is 3. The summed E-state index contributed by atoms with van der Waals surface area (Å²) >= 11 is 1.72. The topological polar surface area (TPSA) is 46.2 Å². The molecule has 3 nitrogen and oxygen atoms in total. The Morgan fingerprint density at radius 1 is 0.913 bits per heavy atom. The van der Waals surface area contributed by atoms with Crippen molar-refractivity contribution in [3.05, 3.63) is 66.7 Å². The number of hydrogen-bond donors (Lipinski definition) is 1. The van der Waals surface area contributed by atoms with Crippen molar-refractivity contribution in [2.24, 2.45) is 0 Å². The second kappa shape index (κ2) is 6.64. The highest BCUT2D eigenvalue weighted by Crippen LogP contribution is 2.23. The van der Waals surface area contributed by atoms with Gasteiger partial charge in [0.1, 0.15) is 0 Å². The van der Waals surface area contributed by atoms with Gasteiger partial charge in [0.25, 0.3) is 10.0 Å². The summed E-state index contributed by atoms with van der Waals surface area (Å²) in [5.41, 5.74) is 0.568. The zero-order chi connectivity index (χ0) is 16.3. The molecule has 3 aromatic rings. The predicted molar refractivity (Wildman–Crippen MR) is 97.6 cm³/mol. The number of fused-ring (bicyclic) bond motifs is 1. The van der Waals surface area contributed by atoms with E-state index in [1.807, 2.05) is 42.5 Å². The van der Waals surface area contributed by atoms with Crippen LogP contribution in [0.1, 0.15) is 6.92 Å². The van der Waals surface area contributed by atoms with Gasteiger partial charge in [0.15, 0.2) is 0 Å². The Balaban J connectivity index is 1.87. The lowest BCUT2D eigenvalue weighted by Crippen LogP contribution is -2.12. The molecule has 0 saturated carbocycles. The maximum Gasteiger partial charge on any atom is 0.261 e. The van der Waals surface area contributed by atoms with Crippen LogP contribution in [0.4, 0.5) is 5.69 Å². The first-order valence-electron chi connectivity index (χ1n) is 7.33. The number of rotatable bonds is 5. The molecule has 0 atom stereocenters. The molecule has 0 fully saturated rings. The van der Waals surface area contributed by atoms with Crippen LogP contribution in [0, 0.1) is 0 Å². The Kier molecular flexibility index (Phi) is 4.59. The van der Waals surface area contributed by atoms with Gasteiger partial charge in [-0.3, -0.25) is 4.72 Å². The van der Waals surface area contributed by atoms with Crippen LogP contribution < -0.4 is 4.72 Å². The molecule has 0 spiro atoms. The summed E-state index contributed by atoms with van der Waals surface area (Å²) in [6.45, 7) is 2.08. The second-order valence-electron chi connectivity index (χ2n) is 5.07. The zero-order valence-corrected chi connectivity index (χ0v) is 14.3. The fourth-order valence-corrected chi connectivity index (χ4v) is 4.09. The van der Waals surface area contributed by atoms with E-state index in [0.29, 0.717) is 5.69 Å². The smallest absolute Gasteiger partial charge is 0.261 e. The molecule has 0 radical (unpaired) electrons. The van der Waals surface area contributed by atoms with Gasteiger partial charge >= 0.3 is 0 Å². The van der Waals surface area contributed by atoms with Crippen LogP contribution in [0.15, 0.2) is 76.5 Å². The fraction of sp³-hybridized carbons (Fsp3) is 0.111. The summed E-state index contributed by atoms with van der Waals surface area (Å²) < 4.78 is 27.7. The third-order valence-corrected chi connectivity index (χ3v) is 5.72. The van der Waals surface area contributed by atoms with Crippen LogP contribution >= 0.6 is 11.8 Å². The SMILES string of the molecule is CCSc1ccc(NS(=O)(=O)c2ccc3ccccc3c2)cc1. The number of benzene rings is 3. The van der Waals surface area contributed by atoms with Gasteiger partial charge in [-0.2, -0.15) is 0 Å². The number of nitrogens with one attached hydrogen (secondary N) is 1. The molecule has 118 valence electrons. The third-order valence-electron chi connectivity index (χ3n) is 3.45. The van der Waals surface area contributed by atoms with Gasteiger partial charge in [0.05, 0.1) is 4.90 Å². The summed E-state index contributed by atoms with van der Waals surface area (Å²) in [6.07, 6.45) is 0. The minimum Gasteiger partial charge on any atom is -0.280 e. The lowest BCUT2D eigenvalue weighted by molar-refractivity contribution is 0.601. The van der Waals surface area contributed by atoms with Gasteiger partial charge in [-0.05, 0) is 52.9 Å². The molecule has 0 aliphatic rings. The van der Waals surface area contributed by atoms with Crippen molar-refractivity contribution >= 4 is 38.2 Å². The molecule has 3 rings (SSSR count). The van der Waals surface area contributed by atoms with Gasteiger partial charge in [-0.25, -0.2) is 8.42 Å². The van der Waals surface area contributed by atoms with Crippen molar-refractivity contribution in [3.8, 4) is 0 Å². The number of anilines is 1. The van der Waals surface area contributed by atoms with E-state index in [2.05, 4.69) is 11.6 Å². The Bertz CT molecular complexity index is 919. The number of thioether (sulfide) groups is 1. The summed E-state index contributed by atoms with van der Waals surface area (Å²) in [5.74, 6) is 0.988. The monoisotopic (exact) mass is 343 g/mol. The van der Waals surface area contributed by atoms with E-state index in [-0.39, 0.29) is 4.90 Å². The summed E-state index contributed by atoms with van der Waals surface area (Å²) in [4.78, 5) is 1.39. The van der Waals surface area contributed by atoms with Crippen molar-refractivity contribution in [1.29, 1.82) is 0 Å². The molecule has 0 amide bonds. The molecule has 0 unspecified atom stereocenters. The fourth-order valence-electron chi connectivity index (χ4n) is 2.33. The van der Waals surface area contributed by atoms with E-state index < -0.39 is 10.0 Å². The maximum atomic E-state index is 12.5. The van der Waals surface area contributed by atoms with Gasteiger partial charge < -0.3 is 0 Å². The standard InChI is InChI=1S/C18H17NO2S2/c1-2-22-17-10-8-16(9-11-17)19-23(20,21)18-12-7-14-5-3-4-6-15(14)13-18/h3-13,19H,2H2,1H3. The summed E-state index contributed by atoms with van der Waals surface area (Å²) in [7, 11) is -3.59. The van der Waals surface area contributed by atoms with E-state index in [9.17, 15) is 8.42 Å². The van der Waals surface area contributed by atoms with Crippen LogP contribution in [-0.4, -0.2) is 14.2 Å². The Morgan fingerprint density at radius 2 is 1.61 bits per heavy atom. The quantitative estimate of drug-likeness (QED) is 0.680. The molecule has 0 heterocycles. The minimum atomic E-state index is -3.59. The first-order valence-corrected chi connectivity index (χ1v) is 9.80. The van der Waals surface area contributed by atoms with Crippen molar-refractivity contribution in [1.82, 2.24) is 0 Å². The molecular weight excluding hydrogens is 326 g/mol. The van der Waals surface area contributed by atoms with Crippen molar-refractivity contribution in [2.75, 3.05) is 10.5 Å². The molecule has 3 aromatic carbocycles. The van der Waals surface area contributed by atoms with Crippen LogP contribution in [0.25, 0.3) is 10.8 Å². The molecule has 0 bridgehead atoms. The zero-order valence-electron chi connectivity index (χ0n) is 12.7. The Morgan fingerprint density at radius 3 is 2.30 bits per heavy atom. The molecular formula is C18H17NO2S2. The van der Waals surface area contributed by atoms with E-state index in [0.717, 1.165) is 21.4 Å². The van der Waals surface area contributed by atoms with Crippen molar-refractivity contribution in [3.63, 3.8) is 0 Å². The second-order valence-corrected chi connectivity index (χ2v) is 8.09. The highest BCUT2D eigenvalue weighted by Gasteiger charge is 2.14. The Hall–Kier alpha value is -1.98. The van der Waals surface area contributed by atoms with Crippen LogP contribution in [0.5, 0.6) is 0 Å². The maximum absolute atomic E-state index is 12.5. The van der Waals surface area contributed by atoms with Crippen LogP contribution in [0.3, 0.4) is 0 Å². The number of sulfonamides is 1. The highest BCUT2D eigenvalue weighted by molar-refractivity contribution is 7.99. The molecule has 1 N–H and O–H groups in total. The third kappa shape index (κ3) is 3.68. The molecule has 5 heteroatoms. The Labute approximate surface area is 140 Å². The highest BCUT2D eigenvalue weighted by atomic mass is 32.2. The molecule has 0 saturated heterocycles. The first kappa shape index (κ1) is 15.9. The largest absolute Gasteiger partial charge is 0.280 e. The van der Waals surface area contributed by atoms with E-state index in [4.69, 9.17) is 0 Å². The molecule has 0 aliphatic heterocycles. The first-order chi connectivity index (χ1) is 11.1. The van der Waals surface area contributed by atoms with Gasteiger partial charge in [-0.15, -0.1) is 11.8 Å². The van der Waals surface area contributed by atoms with Gasteiger partial charge in [-0.1, -0.05) is 37.3 Å². The minimum absolute atomic E-state index is 0.267. The predicted octanol–water partition coefficient (Wildman–Crippen LogP) is 4.75. The molecule has 0 aliphatic carbocycles. The average Bonchev–Trinajstić information content (AvgIpc) is 2.56. The van der Waals surface area contributed by atoms with E-state index in [1.54, 1.807) is 36.0 Å². The molecule has 23 heavy (non-hydrogen) atoms. The van der Waals surface area contributed by atoms with E-state index >= 15 is 0 Å². The van der Waals surface area contributed by atoms with Crippen LogP contribution in [-0.2, 0) is 10.0 Å². The lowest BCUT2D eigenvalue weighted by atomic mass is 10.1. The van der Waals surface area contributed by atoms with Gasteiger partial charge in [0, 0.05) is 10.6 Å². The lowest BCUT2D eigenvalue weighted by Gasteiger charge is -2.09. The van der Waals surface area contributed by atoms with Crippen LogP contribution in [0.2, 0.25) is 0 Å². The average molecular weight is 343 g/mol.